The summed E-state index contributed by atoms with van der Waals surface area (Å²) in [6.07, 6.45) is -4.53. The van der Waals surface area contributed by atoms with Gasteiger partial charge in [-0.3, -0.25) is 4.79 Å². The maximum Gasteiger partial charge on any atom is 0.416 e. The lowest BCUT2D eigenvalue weighted by Gasteiger charge is -2.33. The minimum Gasteiger partial charge on any atom is -0.452 e. The topological polar surface area (TPSA) is 84.0 Å². The van der Waals surface area contributed by atoms with E-state index in [1.165, 1.54) is 33.5 Å². The van der Waals surface area contributed by atoms with Gasteiger partial charge in [-0.1, -0.05) is 11.6 Å². The maximum absolute atomic E-state index is 12.7. The van der Waals surface area contributed by atoms with Gasteiger partial charge in [0.05, 0.1) is 16.0 Å². The van der Waals surface area contributed by atoms with Crippen LogP contribution >= 0.6 is 11.6 Å². The van der Waals surface area contributed by atoms with E-state index >= 15 is 0 Å². The van der Waals surface area contributed by atoms with E-state index in [0.29, 0.717) is 5.02 Å². The number of alkyl halides is 3. The standard InChI is InChI=1S/C20H18ClF3N2O5S/c21-16-5-7-17(8-6-16)32(29,30)26-11-9-25(10-12-26)18(27)13-31-19(28)14-1-3-15(4-2-14)20(22,23)24/h1-8H,9-13H2. The number of carbonyl (C=O) groups is 2. The third-order valence-electron chi connectivity index (χ3n) is 4.82. The molecule has 1 heterocycles. The number of halogens is 4. The van der Waals surface area contributed by atoms with Crippen LogP contribution in [0.5, 0.6) is 0 Å². The van der Waals surface area contributed by atoms with E-state index < -0.39 is 40.2 Å². The number of piperazine rings is 1. The number of hydrogen-bond donors (Lipinski definition) is 0. The molecule has 12 heteroatoms. The van der Waals surface area contributed by atoms with Crippen molar-refractivity contribution in [3.05, 3.63) is 64.7 Å². The predicted molar refractivity (Wildman–Crippen MR) is 109 cm³/mol. The second kappa shape index (κ2) is 9.47. The first-order valence-electron chi connectivity index (χ1n) is 9.36. The normalized spacial score (nSPS) is 15.4. The molecule has 0 bridgehead atoms. The number of carbonyl (C=O) groups excluding carboxylic acids is 2. The highest BCUT2D eigenvalue weighted by atomic mass is 35.5. The average Bonchev–Trinajstić information content (AvgIpc) is 2.77. The Labute approximate surface area is 187 Å². The Morgan fingerprint density at radius 2 is 1.50 bits per heavy atom. The predicted octanol–water partition coefficient (Wildman–Crippen LogP) is 3.05. The van der Waals surface area contributed by atoms with E-state index in [4.69, 9.17) is 16.3 Å². The van der Waals surface area contributed by atoms with Gasteiger partial charge in [0.1, 0.15) is 0 Å². The van der Waals surface area contributed by atoms with E-state index in [0.717, 1.165) is 24.3 Å². The summed E-state index contributed by atoms with van der Waals surface area (Å²) in [5.74, 6) is -1.47. The van der Waals surface area contributed by atoms with E-state index in [2.05, 4.69) is 0 Å². The molecule has 1 aliphatic rings. The van der Waals surface area contributed by atoms with Crippen LogP contribution in [-0.4, -0.2) is 62.3 Å². The Bertz CT molecular complexity index is 1080. The van der Waals surface area contributed by atoms with Crippen molar-refractivity contribution in [1.29, 1.82) is 0 Å². The van der Waals surface area contributed by atoms with Gasteiger partial charge < -0.3 is 9.64 Å². The van der Waals surface area contributed by atoms with Crippen molar-refractivity contribution in [2.24, 2.45) is 0 Å². The number of nitrogens with zero attached hydrogens (tertiary/aromatic N) is 2. The number of sulfonamides is 1. The molecule has 0 aromatic heterocycles. The monoisotopic (exact) mass is 490 g/mol. The quantitative estimate of drug-likeness (QED) is 0.602. The molecule has 2 aromatic carbocycles. The molecule has 0 N–H and O–H groups in total. The molecule has 32 heavy (non-hydrogen) atoms. The van der Waals surface area contributed by atoms with Gasteiger partial charge in [0.15, 0.2) is 6.61 Å². The molecule has 7 nitrogen and oxygen atoms in total. The lowest BCUT2D eigenvalue weighted by molar-refractivity contribution is -0.137. The third-order valence-corrected chi connectivity index (χ3v) is 6.98. The van der Waals surface area contributed by atoms with Gasteiger partial charge in [0, 0.05) is 31.2 Å². The molecule has 1 amide bonds. The van der Waals surface area contributed by atoms with Crippen molar-refractivity contribution < 1.29 is 35.9 Å². The first kappa shape index (κ1) is 24.0. The maximum atomic E-state index is 12.7. The highest BCUT2D eigenvalue weighted by molar-refractivity contribution is 7.89. The molecule has 172 valence electrons. The van der Waals surface area contributed by atoms with Crippen molar-refractivity contribution in [3.63, 3.8) is 0 Å². The Morgan fingerprint density at radius 1 is 0.938 bits per heavy atom. The lowest BCUT2D eigenvalue weighted by atomic mass is 10.1. The van der Waals surface area contributed by atoms with Gasteiger partial charge in [-0.15, -0.1) is 0 Å². The van der Waals surface area contributed by atoms with Crippen LogP contribution in [0.1, 0.15) is 15.9 Å². The first-order valence-corrected chi connectivity index (χ1v) is 11.2. The molecule has 3 rings (SSSR count). The molecule has 1 fully saturated rings. The molecule has 0 unspecified atom stereocenters. The van der Waals surface area contributed by atoms with Crippen molar-refractivity contribution >= 4 is 33.5 Å². The Morgan fingerprint density at radius 3 is 2.03 bits per heavy atom. The van der Waals surface area contributed by atoms with Gasteiger partial charge in [-0.25, -0.2) is 13.2 Å². The molecule has 0 aliphatic carbocycles. The molecular weight excluding hydrogens is 473 g/mol. The molecule has 2 aromatic rings. The van der Waals surface area contributed by atoms with Crippen molar-refractivity contribution in [3.8, 4) is 0 Å². The summed E-state index contributed by atoms with van der Waals surface area (Å²) < 4.78 is 69.2. The van der Waals surface area contributed by atoms with Crippen LogP contribution in [0, 0.1) is 0 Å². The Balaban J connectivity index is 1.51. The summed E-state index contributed by atoms with van der Waals surface area (Å²) in [6.45, 7) is -0.288. The molecule has 0 saturated carbocycles. The number of ether oxygens (including phenoxy) is 1. The molecule has 0 radical (unpaired) electrons. The third kappa shape index (κ3) is 5.59. The minimum absolute atomic E-state index is 0.0591. The number of amides is 1. The summed E-state index contributed by atoms with van der Waals surface area (Å²) in [5.41, 5.74) is -1.03. The van der Waals surface area contributed by atoms with Gasteiger partial charge in [0.25, 0.3) is 5.91 Å². The zero-order chi connectivity index (χ0) is 23.5. The molecular formula is C20H18ClF3N2O5S. The van der Waals surface area contributed by atoms with Crippen LogP contribution in [0.15, 0.2) is 53.4 Å². The van der Waals surface area contributed by atoms with Gasteiger partial charge in [0.2, 0.25) is 10.0 Å². The van der Waals surface area contributed by atoms with E-state index in [1.807, 2.05) is 0 Å². The van der Waals surface area contributed by atoms with Gasteiger partial charge >= 0.3 is 12.1 Å². The van der Waals surface area contributed by atoms with Crippen molar-refractivity contribution in [1.82, 2.24) is 9.21 Å². The van der Waals surface area contributed by atoms with Crippen LogP contribution < -0.4 is 0 Å². The van der Waals surface area contributed by atoms with Crippen LogP contribution in [0.2, 0.25) is 5.02 Å². The molecule has 1 saturated heterocycles. The summed E-state index contributed by atoms with van der Waals surface area (Å²) in [7, 11) is -3.73. The zero-order valence-electron chi connectivity index (χ0n) is 16.5. The van der Waals surface area contributed by atoms with E-state index in [1.54, 1.807) is 0 Å². The lowest BCUT2D eigenvalue weighted by Crippen LogP contribution is -2.51. The summed E-state index contributed by atoms with van der Waals surface area (Å²) in [5, 5.41) is 0.408. The van der Waals surface area contributed by atoms with Crippen molar-refractivity contribution in [2.45, 2.75) is 11.1 Å². The molecule has 1 aliphatic heterocycles. The van der Waals surface area contributed by atoms with Crippen molar-refractivity contribution in [2.75, 3.05) is 32.8 Å². The van der Waals surface area contributed by atoms with E-state index in [9.17, 15) is 31.2 Å². The summed E-state index contributed by atoms with van der Waals surface area (Å²) >= 11 is 5.78. The number of hydrogen-bond acceptors (Lipinski definition) is 5. The average molecular weight is 491 g/mol. The fourth-order valence-corrected chi connectivity index (χ4v) is 4.58. The Kier molecular flexibility index (Phi) is 7.11. The summed E-state index contributed by atoms with van der Waals surface area (Å²) in [6, 6.07) is 9.17. The van der Waals surface area contributed by atoms with Crippen LogP contribution in [0.25, 0.3) is 0 Å². The fourth-order valence-electron chi connectivity index (χ4n) is 3.03. The second-order valence-corrected chi connectivity index (χ2v) is 9.26. The largest absolute Gasteiger partial charge is 0.452 e. The fraction of sp³-hybridized carbons (Fsp3) is 0.300. The minimum atomic E-state index is -4.53. The number of benzene rings is 2. The first-order chi connectivity index (χ1) is 15.0. The molecule has 0 atom stereocenters. The summed E-state index contributed by atoms with van der Waals surface area (Å²) in [4.78, 5) is 25.7. The smallest absolute Gasteiger partial charge is 0.416 e. The van der Waals surface area contributed by atoms with Crippen LogP contribution in [0.4, 0.5) is 13.2 Å². The Hall–Kier alpha value is -2.63. The zero-order valence-corrected chi connectivity index (χ0v) is 18.1. The van der Waals surface area contributed by atoms with Gasteiger partial charge in [-0.05, 0) is 48.5 Å². The van der Waals surface area contributed by atoms with Gasteiger partial charge in [-0.2, -0.15) is 17.5 Å². The highest BCUT2D eigenvalue weighted by Gasteiger charge is 2.31. The number of rotatable bonds is 5. The SMILES string of the molecule is O=C(OCC(=O)N1CCN(S(=O)(=O)c2ccc(Cl)cc2)CC1)c1ccc(C(F)(F)F)cc1. The van der Waals surface area contributed by atoms with E-state index in [-0.39, 0.29) is 36.6 Å². The highest BCUT2D eigenvalue weighted by Crippen LogP contribution is 2.29. The molecule has 0 spiro atoms. The second-order valence-electron chi connectivity index (χ2n) is 6.89. The van der Waals surface area contributed by atoms with Crippen LogP contribution in [-0.2, 0) is 25.7 Å². The number of esters is 1. The van der Waals surface area contributed by atoms with Crippen LogP contribution in [0.3, 0.4) is 0 Å².